The van der Waals surface area contributed by atoms with Crippen LogP contribution in [0.15, 0.2) is 10.2 Å². The maximum atomic E-state index is 10.5. The van der Waals surface area contributed by atoms with Crippen molar-refractivity contribution < 1.29 is 4.79 Å². The molecule has 5 heteroatoms. The van der Waals surface area contributed by atoms with Crippen LogP contribution in [0.4, 0.5) is 0 Å². The molecule has 15 heavy (non-hydrogen) atoms. The van der Waals surface area contributed by atoms with Crippen molar-refractivity contribution in [1.82, 2.24) is 0 Å². The fraction of sp³-hybridized carbons (Fsp3) is 0.800. The van der Waals surface area contributed by atoms with Crippen LogP contribution in [-0.4, -0.2) is 17.3 Å². The molecule has 0 aromatic rings. The summed E-state index contributed by atoms with van der Waals surface area (Å²) < 4.78 is 0. The van der Waals surface area contributed by atoms with Gasteiger partial charge in [0.2, 0.25) is 5.24 Å². The topological polar surface area (TPSA) is 65.6 Å². The molecule has 0 bridgehead atoms. The van der Waals surface area contributed by atoms with Gasteiger partial charge >= 0.3 is 0 Å². The van der Waals surface area contributed by atoms with Gasteiger partial charge in [-0.25, -0.2) is 0 Å². The van der Waals surface area contributed by atoms with Crippen molar-refractivity contribution in [3.05, 3.63) is 0 Å². The lowest BCUT2D eigenvalue weighted by Gasteiger charge is -2.09. The van der Waals surface area contributed by atoms with E-state index in [4.69, 9.17) is 16.9 Å². The Morgan fingerprint density at radius 3 is 2.53 bits per heavy atom. The van der Waals surface area contributed by atoms with Crippen molar-refractivity contribution >= 4 is 16.8 Å². The third-order valence-corrected chi connectivity index (χ3v) is 1.73. The van der Waals surface area contributed by atoms with E-state index < -0.39 is 5.24 Å². The molecule has 0 aliphatic heterocycles. The third kappa shape index (κ3) is 9.36. The van der Waals surface area contributed by atoms with Crippen LogP contribution in [0.5, 0.6) is 0 Å². The smallest absolute Gasteiger partial charge is 0.221 e. The van der Waals surface area contributed by atoms with Crippen molar-refractivity contribution in [3.63, 3.8) is 0 Å². The Morgan fingerprint density at radius 1 is 1.53 bits per heavy atom. The Bertz CT molecular complexity index is 275. The largest absolute Gasteiger partial charge is 0.281 e. The van der Waals surface area contributed by atoms with Crippen molar-refractivity contribution in [2.75, 3.05) is 6.54 Å². The van der Waals surface area contributed by atoms with Crippen LogP contribution in [0.25, 0.3) is 0 Å². The van der Waals surface area contributed by atoms with Gasteiger partial charge in [0.25, 0.3) is 0 Å². The molecule has 0 aliphatic rings. The highest BCUT2D eigenvalue weighted by atomic mass is 35.5. The van der Waals surface area contributed by atoms with Crippen LogP contribution in [0, 0.1) is 17.2 Å². The van der Waals surface area contributed by atoms with E-state index in [1.54, 1.807) is 0 Å². The Hall–Kier alpha value is -0.950. The molecule has 4 nitrogen and oxygen atoms in total. The first-order valence-corrected chi connectivity index (χ1v) is 5.19. The molecule has 0 amide bonds. The summed E-state index contributed by atoms with van der Waals surface area (Å²) in [5, 5.41) is 16.3. The lowest BCUT2D eigenvalue weighted by Crippen LogP contribution is -2.10. The van der Waals surface area contributed by atoms with Crippen LogP contribution < -0.4 is 0 Å². The Kier molecular flexibility index (Phi) is 6.11. The van der Waals surface area contributed by atoms with Gasteiger partial charge < -0.3 is 0 Å². The van der Waals surface area contributed by atoms with Gasteiger partial charge in [-0.15, -0.1) is 0 Å². The van der Waals surface area contributed by atoms with Crippen LogP contribution in [0.3, 0.4) is 0 Å². The predicted molar refractivity (Wildman–Crippen MR) is 58.7 cm³/mol. The highest BCUT2D eigenvalue weighted by molar-refractivity contribution is 6.63. The van der Waals surface area contributed by atoms with E-state index in [0.29, 0.717) is 13.0 Å². The molecule has 0 saturated heterocycles. The summed E-state index contributed by atoms with van der Waals surface area (Å²) in [7, 11) is 0. The van der Waals surface area contributed by atoms with E-state index >= 15 is 0 Å². The first kappa shape index (κ1) is 14.1. The molecular formula is C10H16ClN3O. The zero-order chi connectivity index (χ0) is 11.9. The second kappa shape index (κ2) is 6.52. The fourth-order valence-electron chi connectivity index (χ4n) is 0.836. The molecule has 1 atom stereocenters. The molecule has 0 saturated carbocycles. The molecule has 0 aromatic heterocycles. The van der Waals surface area contributed by atoms with Gasteiger partial charge in [-0.2, -0.15) is 15.5 Å². The molecular weight excluding hydrogens is 214 g/mol. The normalized spacial score (nSPS) is 13.8. The van der Waals surface area contributed by atoms with Gasteiger partial charge in [0.05, 0.1) is 24.1 Å². The summed E-state index contributed by atoms with van der Waals surface area (Å²) in [6.45, 7) is 6.12. The number of halogens is 1. The van der Waals surface area contributed by atoms with Crippen LogP contribution in [-0.2, 0) is 4.79 Å². The minimum Gasteiger partial charge on any atom is -0.281 e. The summed E-state index contributed by atoms with van der Waals surface area (Å²) in [6.07, 6.45) is 0.660. The van der Waals surface area contributed by atoms with Gasteiger partial charge in [0, 0.05) is 6.42 Å². The van der Waals surface area contributed by atoms with E-state index in [1.807, 2.05) is 20.8 Å². The van der Waals surface area contributed by atoms with Gasteiger partial charge in [0.15, 0.2) is 0 Å². The van der Waals surface area contributed by atoms with E-state index in [0.717, 1.165) is 0 Å². The minimum absolute atomic E-state index is 0.213. The van der Waals surface area contributed by atoms with E-state index in [2.05, 4.69) is 16.3 Å². The summed E-state index contributed by atoms with van der Waals surface area (Å²) >= 11 is 5.18. The second-order valence-electron chi connectivity index (χ2n) is 4.31. The quantitative estimate of drug-likeness (QED) is 0.537. The van der Waals surface area contributed by atoms with Crippen LogP contribution in [0.2, 0.25) is 0 Å². The summed E-state index contributed by atoms with van der Waals surface area (Å²) in [6, 6.07) is 2.08. The minimum atomic E-state index is -0.414. The van der Waals surface area contributed by atoms with Crippen molar-refractivity contribution in [1.29, 1.82) is 5.26 Å². The Labute approximate surface area is 95.3 Å². The highest BCUT2D eigenvalue weighted by Crippen LogP contribution is 2.11. The molecule has 0 radical (unpaired) electrons. The van der Waals surface area contributed by atoms with Gasteiger partial charge in [-0.1, -0.05) is 0 Å². The highest BCUT2D eigenvalue weighted by Gasteiger charge is 2.10. The molecule has 0 aromatic carbocycles. The maximum absolute atomic E-state index is 10.5. The van der Waals surface area contributed by atoms with Crippen LogP contribution in [0.1, 0.15) is 33.6 Å². The van der Waals surface area contributed by atoms with Gasteiger partial charge in [0.1, 0.15) is 0 Å². The molecule has 0 fully saturated rings. The van der Waals surface area contributed by atoms with E-state index in [-0.39, 0.29) is 17.9 Å². The number of carbonyl (C=O) groups is 1. The molecule has 0 rings (SSSR count). The molecule has 0 spiro atoms. The van der Waals surface area contributed by atoms with Crippen LogP contribution >= 0.6 is 11.6 Å². The lowest BCUT2D eigenvalue weighted by atomic mass is 10.1. The molecule has 1 unspecified atom stereocenters. The first-order chi connectivity index (χ1) is 6.85. The number of nitriles is 1. The summed E-state index contributed by atoms with van der Waals surface area (Å²) in [5.41, 5.74) is -0.220. The summed E-state index contributed by atoms with van der Waals surface area (Å²) in [4.78, 5) is 10.5. The average molecular weight is 230 g/mol. The monoisotopic (exact) mass is 229 g/mol. The Balaban J connectivity index is 3.97. The van der Waals surface area contributed by atoms with Crippen molar-refractivity contribution in [2.24, 2.45) is 16.1 Å². The van der Waals surface area contributed by atoms with Crippen molar-refractivity contribution in [2.45, 2.75) is 39.2 Å². The standard InChI is InChI=1S/C10H16ClN3O/c1-10(2,3)14-13-7-8(6-12)4-5-9(11)15/h8H,4-5,7H2,1-3H3. The molecule has 0 heterocycles. The zero-order valence-electron chi connectivity index (χ0n) is 9.33. The molecule has 84 valence electrons. The number of nitrogens with zero attached hydrogens (tertiary/aromatic N) is 3. The van der Waals surface area contributed by atoms with E-state index in [9.17, 15) is 4.79 Å². The van der Waals surface area contributed by atoms with Crippen molar-refractivity contribution in [3.8, 4) is 6.07 Å². The number of rotatable bonds is 5. The van der Waals surface area contributed by atoms with Gasteiger partial charge in [-0.3, -0.25) is 4.79 Å². The van der Waals surface area contributed by atoms with Gasteiger partial charge in [-0.05, 0) is 38.8 Å². The maximum Gasteiger partial charge on any atom is 0.221 e. The average Bonchev–Trinajstić information content (AvgIpc) is 2.08. The third-order valence-electron chi connectivity index (χ3n) is 1.54. The zero-order valence-corrected chi connectivity index (χ0v) is 10.1. The van der Waals surface area contributed by atoms with E-state index in [1.165, 1.54) is 0 Å². The first-order valence-electron chi connectivity index (χ1n) is 4.82. The SMILES string of the molecule is CC(C)(C)N=NCC(C#N)CCC(=O)Cl. The lowest BCUT2D eigenvalue weighted by molar-refractivity contribution is -0.111. The summed E-state index contributed by atoms with van der Waals surface area (Å²) in [5.74, 6) is -0.279. The molecule has 0 aliphatic carbocycles. The molecule has 0 N–H and O–H groups in total. The number of carbonyl (C=O) groups excluding carboxylic acids is 1. The number of hydrogen-bond acceptors (Lipinski definition) is 4. The second-order valence-corrected chi connectivity index (χ2v) is 4.74. The fourth-order valence-corrected chi connectivity index (χ4v) is 0.945. The predicted octanol–water partition coefficient (Wildman–Crippen LogP) is 2.92. The number of azo groups is 1. The Morgan fingerprint density at radius 2 is 2.13 bits per heavy atom. The number of hydrogen-bond donors (Lipinski definition) is 0.